The molecule has 0 aromatic heterocycles. The molecule has 5 nitrogen and oxygen atoms in total. The first kappa shape index (κ1) is 16.7. The Morgan fingerprint density at radius 3 is 2.72 bits per heavy atom. The van der Waals surface area contributed by atoms with Crippen LogP contribution < -0.4 is 0 Å². The fourth-order valence-electron chi connectivity index (χ4n) is 4.77. The zero-order valence-corrected chi connectivity index (χ0v) is 14.9. The standard InChI is InChI=1S/C20H24O5/c1-10(2)13-5-6-20-17(25-20)15(24-18(20)22)7-11(3)16-14(21)8-12(4)19(16,23)9-13/h8,13,15,17,23H,1,5-7,9H2,2-4H3. The number of ketones is 1. The lowest BCUT2D eigenvalue weighted by molar-refractivity contribution is -0.154. The second kappa shape index (κ2) is 5.15. The number of carbonyl (C=O) groups is 2. The largest absolute Gasteiger partial charge is 0.457 e. The van der Waals surface area contributed by atoms with E-state index in [1.54, 1.807) is 6.92 Å². The number of hydrogen-bond acceptors (Lipinski definition) is 5. The molecule has 0 aromatic rings. The van der Waals surface area contributed by atoms with E-state index >= 15 is 0 Å². The van der Waals surface area contributed by atoms with Crippen molar-refractivity contribution in [2.24, 2.45) is 5.92 Å². The number of ether oxygens (including phenoxy) is 2. The molecule has 0 radical (unpaired) electrons. The highest BCUT2D eigenvalue weighted by Gasteiger charge is 2.72. The molecule has 5 unspecified atom stereocenters. The smallest absolute Gasteiger partial charge is 0.341 e. The summed E-state index contributed by atoms with van der Waals surface area (Å²) < 4.78 is 11.3. The lowest BCUT2D eigenvalue weighted by Gasteiger charge is -2.33. The Kier molecular flexibility index (Phi) is 3.44. The molecule has 0 saturated carbocycles. The van der Waals surface area contributed by atoms with Gasteiger partial charge >= 0.3 is 5.97 Å². The number of aliphatic hydroxyl groups is 1. The second-order valence-electron chi connectivity index (χ2n) is 8.07. The molecule has 2 bridgehead atoms. The maximum atomic E-state index is 12.6. The maximum Gasteiger partial charge on any atom is 0.341 e. The van der Waals surface area contributed by atoms with Crippen LogP contribution in [0.15, 0.2) is 34.9 Å². The van der Waals surface area contributed by atoms with Gasteiger partial charge < -0.3 is 14.6 Å². The van der Waals surface area contributed by atoms with Gasteiger partial charge in [-0.3, -0.25) is 4.79 Å². The number of esters is 1. The molecule has 134 valence electrons. The van der Waals surface area contributed by atoms with E-state index in [9.17, 15) is 14.7 Å². The predicted octanol–water partition coefficient (Wildman–Crippen LogP) is 2.39. The summed E-state index contributed by atoms with van der Waals surface area (Å²) in [4.78, 5) is 24.9. The fourth-order valence-corrected chi connectivity index (χ4v) is 4.77. The molecule has 1 N–H and O–H groups in total. The van der Waals surface area contributed by atoms with Gasteiger partial charge in [-0.05, 0) is 57.6 Å². The summed E-state index contributed by atoms with van der Waals surface area (Å²) in [5.41, 5.74) is 0.744. The van der Waals surface area contributed by atoms with Crippen molar-refractivity contribution in [1.82, 2.24) is 0 Å². The predicted molar refractivity (Wildman–Crippen MR) is 90.7 cm³/mol. The number of hydrogen-bond donors (Lipinski definition) is 1. The molecule has 2 aliphatic carbocycles. The normalized spacial score (nSPS) is 43.0. The first-order chi connectivity index (χ1) is 11.7. The Hall–Kier alpha value is -1.72. The van der Waals surface area contributed by atoms with Crippen LogP contribution in [0.4, 0.5) is 0 Å². The average molecular weight is 344 g/mol. The van der Waals surface area contributed by atoms with Gasteiger partial charge in [0, 0.05) is 12.0 Å². The summed E-state index contributed by atoms with van der Waals surface area (Å²) in [5.74, 6) is -0.445. The molecule has 0 amide bonds. The minimum Gasteiger partial charge on any atom is -0.457 e. The first-order valence-corrected chi connectivity index (χ1v) is 8.89. The van der Waals surface area contributed by atoms with E-state index in [2.05, 4.69) is 6.58 Å². The molecule has 25 heavy (non-hydrogen) atoms. The van der Waals surface area contributed by atoms with Crippen LogP contribution in [-0.2, 0) is 19.1 Å². The van der Waals surface area contributed by atoms with Gasteiger partial charge in [-0.1, -0.05) is 17.7 Å². The topological polar surface area (TPSA) is 76.1 Å². The van der Waals surface area contributed by atoms with E-state index in [1.165, 1.54) is 6.08 Å². The zero-order chi connectivity index (χ0) is 18.1. The van der Waals surface area contributed by atoms with Crippen molar-refractivity contribution in [3.05, 3.63) is 34.9 Å². The molecule has 4 aliphatic rings. The highest BCUT2D eigenvalue weighted by atomic mass is 16.7. The third-order valence-corrected chi connectivity index (χ3v) is 6.38. The molecule has 4 rings (SSSR count). The van der Waals surface area contributed by atoms with Gasteiger partial charge in [0.25, 0.3) is 0 Å². The van der Waals surface area contributed by atoms with Crippen molar-refractivity contribution in [2.75, 3.05) is 0 Å². The summed E-state index contributed by atoms with van der Waals surface area (Å²) in [6.07, 6.45) is 2.97. The van der Waals surface area contributed by atoms with Crippen LogP contribution >= 0.6 is 0 Å². The van der Waals surface area contributed by atoms with Gasteiger partial charge in [0.1, 0.15) is 17.8 Å². The lowest BCUT2D eigenvalue weighted by Crippen LogP contribution is -2.36. The van der Waals surface area contributed by atoms with Crippen molar-refractivity contribution in [3.8, 4) is 0 Å². The van der Waals surface area contributed by atoms with Crippen molar-refractivity contribution in [3.63, 3.8) is 0 Å². The number of epoxide rings is 1. The van der Waals surface area contributed by atoms with Crippen molar-refractivity contribution in [2.45, 2.75) is 69.9 Å². The Morgan fingerprint density at radius 2 is 2.08 bits per heavy atom. The number of carbonyl (C=O) groups excluding carboxylic acids is 2. The molecule has 2 saturated heterocycles. The Balaban J connectivity index is 1.80. The van der Waals surface area contributed by atoms with E-state index < -0.39 is 11.2 Å². The molecule has 2 aliphatic heterocycles. The average Bonchev–Trinajstić information content (AvgIpc) is 3.13. The molecule has 2 fully saturated rings. The highest BCUT2D eigenvalue weighted by Crippen LogP contribution is 2.54. The summed E-state index contributed by atoms with van der Waals surface area (Å²) in [6.45, 7) is 9.64. The van der Waals surface area contributed by atoms with Crippen LogP contribution in [0.5, 0.6) is 0 Å². The van der Waals surface area contributed by atoms with Gasteiger partial charge in [-0.2, -0.15) is 0 Å². The van der Waals surface area contributed by atoms with Crippen LogP contribution in [0.25, 0.3) is 0 Å². The van der Waals surface area contributed by atoms with Gasteiger partial charge in [-0.15, -0.1) is 0 Å². The van der Waals surface area contributed by atoms with E-state index in [0.717, 1.165) is 11.1 Å². The van der Waals surface area contributed by atoms with E-state index in [0.29, 0.717) is 36.8 Å². The van der Waals surface area contributed by atoms with E-state index in [4.69, 9.17) is 9.47 Å². The Morgan fingerprint density at radius 1 is 1.36 bits per heavy atom. The molecule has 5 heteroatoms. The van der Waals surface area contributed by atoms with Crippen LogP contribution in [0, 0.1) is 5.92 Å². The Labute approximate surface area is 147 Å². The third-order valence-electron chi connectivity index (χ3n) is 6.38. The summed E-state index contributed by atoms with van der Waals surface area (Å²) in [7, 11) is 0. The Bertz CT molecular complexity index is 760. The first-order valence-electron chi connectivity index (χ1n) is 8.89. The van der Waals surface area contributed by atoms with Crippen LogP contribution in [0.2, 0.25) is 0 Å². The fraction of sp³-hybridized carbons (Fsp3) is 0.600. The van der Waals surface area contributed by atoms with Gasteiger partial charge in [0.15, 0.2) is 11.4 Å². The van der Waals surface area contributed by atoms with Gasteiger partial charge in [0.2, 0.25) is 0 Å². The number of fused-ring (bicyclic) bond motifs is 1. The third kappa shape index (κ3) is 2.22. The number of rotatable bonds is 1. The minimum atomic E-state index is -1.26. The SMILES string of the molecule is C=C(C)C1CCC23OC2C(CC(C)=C2C(=O)C=C(C)C2(O)C1)OC3=O. The second-order valence-corrected chi connectivity index (χ2v) is 8.07. The minimum absolute atomic E-state index is 0.00813. The van der Waals surface area contributed by atoms with Crippen LogP contribution in [0.3, 0.4) is 0 Å². The summed E-state index contributed by atoms with van der Waals surface area (Å²) in [6, 6.07) is 0. The summed E-state index contributed by atoms with van der Waals surface area (Å²) >= 11 is 0. The van der Waals surface area contributed by atoms with Gasteiger partial charge in [-0.25, -0.2) is 4.79 Å². The summed E-state index contributed by atoms with van der Waals surface area (Å²) in [5, 5.41) is 11.4. The molecule has 5 atom stereocenters. The van der Waals surface area contributed by atoms with E-state index in [1.807, 2.05) is 13.8 Å². The molecule has 0 spiro atoms. The van der Waals surface area contributed by atoms with Gasteiger partial charge in [0.05, 0.1) is 0 Å². The highest BCUT2D eigenvalue weighted by molar-refractivity contribution is 6.10. The van der Waals surface area contributed by atoms with Crippen LogP contribution in [-0.4, -0.2) is 40.3 Å². The van der Waals surface area contributed by atoms with E-state index in [-0.39, 0.29) is 29.9 Å². The molecular formula is C20H24O5. The van der Waals surface area contributed by atoms with Crippen molar-refractivity contribution < 1.29 is 24.2 Å². The maximum absolute atomic E-state index is 12.6. The molecular weight excluding hydrogens is 320 g/mol. The number of allylic oxidation sites excluding steroid dienone is 2. The molecule has 0 aromatic carbocycles. The lowest BCUT2D eigenvalue weighted by atomic mass is 9.76. The zero-order valence-electron chi connectivity index (χ0n) is 14.9. The van der Waals surface area contributed by atoms with Crippen LogP contribution in [0.1, 0.15) is 46.5 Å². The quantitative estimate of drug-likeness (QED) is 0.449. The van der Waals surface area contributed by atoms with Crippen molar-refractivity contribution in [1.29, 1.82) is 0 Å². The monoisotopic (exact) mass is 344 g/mol. The van der Waals surface area contributed by atoms with Crippen molar-refractivity contribution >= 4 is 11.8 Å². The molecule has 2 heterocycles.